The summed E-state index contributed by atoms with van der Waals surface area (Å²) in [5.41, 5.74) is 1.05. The van der Waals surface area contributed by atoms with Crippen molar-refractivity contribution in [3.05, 3.63) is 28.2 Å². The van der Waals surface area contributed by atoms with Crippen LogP contribution in [-0.2, 0) is 16.1 Å². The molecule has 0 aromatic heterocycles. The van der Waals surface area contributed by atoms with Crippen LogP contribution in [0.15, 0.2) is 22.7 Å². The van der Waals surface area contributed by atoms with Gasteiger partial charge in [-0.15, -0.1) is 0 Å². The normalized spacial score (nSPS) is 19.4. The van der Waals surface area contributed by atoms with E-state index < -0.39 is 0 Å². The third-order valence-electron chi connectivity index (χ3n) is 3.42. The number of piperidine rings is 1. The summed E-state index contributed by atoms with van der Waals surface area (Å²) in [5, 5.41) is 3.20. The van der Waals surface area contributed by atoms with E-state index in [0.717, 1.165) is 15.8 Å². The van der Waals surface area contributed by atoms with Crippen LogP contribution in [0.25, 0.3) is 0 Å². The molecule has 1 aromatic rings. The Kier molecular flexibility index (Phi) is 4.77. The fraction of sp³-hybridized carbons (Fsp3) is 0.429. The Morgan fingerprint density at radius 2 is 2.20 bits per heavy atom. The zero-order chi connectivity index (χ0) is 14.7. The van der Waals surface area contributed by atoms with Gasteiger partial charge >= 0.3 is 0 Å². The van der Waals surface area contributed by atoms with Crippen molar-refractivity contribution in [1.82, 2.24) is 10.2 Å². The number of hydrogen-bond donors (Lipinski definition) is 1. The molecular weight excluding hydrogens is 324 g/mol. The number of hydrogen-bond acceptors (Lipinski definition) is 4. The van der Waals surface area contributed by atoms with Crippen LogP contribution >= 0.6 is 15.9 Å². The zero-order valence-electron chi connectivity index (χ0n) is 11.5. The lowest BCUT2D eigenvalue weighted by Gasteiger charge is -2.28. The van der Waals surface area contributed by atoms with E-state index in [9.17, 15) is 9.59 Å². The maximum Gasteiger partial charge on any atom is 0.246 e. The lowest BCUT2D eigenvalue weighted by Crippen LogP contribution is -2.51. The van der Waals surface area contributed by atoms with Gasteiger partial charge in [0.1, 0.15) is 5.75 Å². The SMILES string of the molecule is COc1ccc(CNC2CCC(=O)N(C)C2=O)cc1Br. The summed E-state index contributed by atoms with van der Waals surface area (Å²) in [6.45, 7) is 0.570. The fourth-order valence-electron chi connectivity index (χ4n) is 2.17. The highest BCUT2D eigenvalue weighted by molar-refractivity contribution is 9.10. The van der Waals surface area contributed by atoms with E-state index >= 15 is 0 Å². The van der Waals surface area contributed by atoms with Gasteiger partial charge in [-0.05, 0) is 40.0 Å². The van der Waals surface area contributed by atoms with Crippen molar-refractivity contribution in [2.45, 2.75) is 25.4 Å². The number of nitrogens with one attached hydrogen (secondary N) is 1. The summed E-state index contributed by atoms with van der Waals surface area (Å²) in [5.74, 6) is 0.502. The Labute approximate surface area is 126 Å². The number of carbonyl (C=O) groups is 2. The summed E-state index contributed by atoms with van der Waals surface area (Å²) >= 11 is 3.43. The van der Waals surface area contributed by atoms with E-state index in [1.165, 1.54) is 11.9 Å². The van der Waals surface area contributed by atoms with Gasteiger partial charge in [0, 0.05) is 20.0 Å². The van der Waals surface area contributed by atoms with Gasteiger partial charge in [-0.2, -0.15) is 0 Å². The van der Waals surface area contributed by atoms with E-state index in [1.807, 2.05) is 18.2 Å². The molecule has 1 saturated heterocycles. The van der Waals surface area contributed by atoms with Gasteiger partial charge in [0.15, 0.2) is 0 Å². The predicted molar refractivity (Wildman–Crippen MR) is 78.3 cm³/mol. The topological polar surface area (TPSA) is 58.6 Å². The molecule has 1 N–H and O–H groups in total. The van der Waals surface area contributed by atoms with Gasteiger partial charge < -0.3 is 10.1 Å². The minimum atomic E-state index is -0.293. The lowest BCUT2D eigenvalue weighted by molar-refractivity contribution is -0.148. The largest absolute Gasteiger partial charge is 0.496 e. The number of halogens is 1. The first-order chi connectivity index (χ1) is 9.52. The summed E-state index contributed by atoms with van der Waals surface area (Å²) in [7, 11) is 3.15. The molecule has 1 aliphatic heterocycles. The van der Waals surface area contributed by atoms with Gasteiger partial charge in [0.25, 0.3) is 0 Å². The third-order valence-corrected chi connectivity index (χ3v) is 4.04. The molecule has 1 heterocycles. The van der Waals surface area contributed by atoms with E-state index in [-0.39, 0.29) is 17.9 Å². The highest BCUT2D eigenvalue weighted by atomic mass is 79.9. The number of methoxy groups -OCH3 is 1. The molecule has 2 amide bonds. The molecule has 0 spiro atoms. The van der Waals surface area contributed by atoms with Crippen LogP contribution in [0.5, 0.6) is 5.75 Å². The monoisotopic (exact) mass is 340 g/mol. The Hall–Kier alpha value is -1.40. The average molecular weight is 341 g/mol. The van der Waals surface area contributed by atoms with Gasteiger partial charge in [0.2, 0.25) is 11.8 Å². The van der Waals surface area contributed by atoms with Crippen LogP contribution in [0.3, 0.4) is 0 Å². The standard InChI is InChI=1S/C14H17BrN2O3/c1-17-13(18)6-4-11(14(17)19)16-8-9-3-5-12(20-2)10(15)7-9/h3,5,7,11,16H,4,6,8H2,1-2H3. The van der Waals surface area contributed by atoms with Crippen molar-refractivity contribution in [2.24, 2.45) is 0 Å². The Morgan fingerprint density at radius 3 is 2.85 bits per heavy atom. The number of ether oxygens (including phenoxy) is 1. The van der Waals surface area contributed by atoms with Crippen molar-refractivity contribution in [2.75, 3.05) is 14.2 Å². The molecule has 0 bridgehead atoms. The van der Waals surface area contributed by atoms with Crippen LogP contribution in [0, 0.1) is 0 Å². The molecule has 1 fully saturated rings. The number of imide groups is 1. The quantitative estimate of drug-likeness (QED) is 0.847. The number of likely N-dealkylation sites (tertiary alicyclic amines) is 1. The van der Waals surface area contributed by atoms with Gasteiger partial charge in [-0.1, -0.05) is 6.07 Å². The van der Waals surface area contributed by atoms with Crippen LogP contribution in [0.2, 0.25) is 0 Å². The minimum absolute atomic E-state index is 0.111. The Balaban J connectivity index is 1.97. The van der Waals surface area contributed by atoms with Crippen LogP contribution < -0.4 is 10.1 Å². The fourth-order valence-corrected chi connectivity index (χ4v) is 2.75. The number of benzene rings is 1. The van der Waals surface area contributed by atoms with Crippen LogP contribution in [-0.4, -0.2) is 36.9 Å². The summed E-state index contributed by atoms with van der Waals surface area (Å²) in [6.07, 6.45) is 0.964. The predicted octanol–water partition coefficient (Wildman–Crippen LogP) is 1.69. The molecule has 2 rings (SSSR count). The number of nitrogens with zero attached hydrogens (tertiary/aromatic N) is 1. The number of likely N-dealkylation sites (N-methyl/N-ethyl adjacent to an activating group) is 1. The molecule has 5 nitrogen and oxygen atoms in total. The zero-order valence-corrected chi connectivity index (χ0v) is 13.1. The molecule has 108 valence electrons. The van der Waals surface area contributed by atoms with Crippen LogP contribution in [0.1, 0.15) is 18.4 Å². The first kappa shape index (κ1) is 15.0. The van der Waals surface area contributed by atoms with Crippen LogP contribution in [0.4, 0.5) is 0 Å². The first-order valence-corrected chi connectivity index (χ1v) is 7.18. The molecule has 0 aliphatic carbocycles. The van der Waals surface area contributed by atoms with Gasteiger partial charge in [0.05, 0.1) is 17.6 Å². The molecular formula is C14H17BrN2O3. The first-order valence-electron chi connectivity index (χ1n) is 6.39. The second kappa shape index (κ2) is 6.37. The molecule has 1 unspecified atom stereocenters. The van der Waals surface area contributed by atoms with E-state index in [2.05, 4.69) is 21.2 Å². The summed E-state index contributed by atoms with van der Waals surface area (Å²) in [4.78, 5) is 24.5. The number of amides is 2. The van der Waals surface area contributed by atoms with Gasteiger partial charge in [-0.3, -0.25) is 14.5 Å². The maximum absolute atomic E-state index is 11.9. The molecule has 20 heavy (non-hydrogen) atoms. The van der Waals surface area contributed by atoms with Crippen molar-refractivity contribution in [3.8, 4) is 5.75 Å². The second-order valence-corrected chi connectivity index (χ2v) is 5.59. The molecule has 0 saturated carbocycles. The van der Waals surface area contributed by atoms with E-state index in [0.29, 0.717) is 19.4 Å². The smallest absolute Gasteiger partial charge is 0.246 e. The summed E-state index contributed by atoms with van der Waals surface area (Å²) in [6, 6.07) is 5.48. The Bertz CT molecular complexity index is 533. The average Bonchev–Trinajstić information content (AvgIpc) is 2.44. The van der Waals surface area contributed by atoms with Crippen molar-refractivity contribution >= 4 is 27.7 Å². The molecule has 1 atom stereocenters. The highest BCUT2D eigenvalue weighted by Crippen LogP contribution is 2.25. The maximum atomic E-state index is 11.9. The van der Waals surface area contributed by atoms with Crippen molar-refractivity contribution in [1.29, 1.82) is 0 Å². The third kappa shape index (κ3) is 3.19. The molecule has 0 radical (unpaired) electrons. The molecule has 1 aliphatic rings. The molecule has 1 aromatic carbocycles. The van der Waals surface area contributed by atoms with Crippen molar-refractivity contribution < 1.29 is 14.3 Å². The van der Waals surface area contributed by atoms with Gasteiger partial charge in [-0.25, -0.2) is 0 Å². The lowest BCUT2D eigenvalue weighted by atomic mass is 10.0. The summed E-state index contributed by atoms with van der Waals surface area (Å²) < 4.78 is 6.05. The Morgan fingerprint density at radius 1 is 1.45 bits per heavy atom. The van der Waals surface area contributed by atoms with E-state index in [4.69, 9.17) is 4.74 Å². The highest BCUT2D eigenvalue weighted by Gasteiger charge is 2.31. The second-order valence-electron chi connectivity index (χ2n) is 4.73. The number of carbonyl (C=O) groups excluding carboxylic acids is 2. The minimum Gasteiger partial charge on any atom is -0.496 e. The van der Waals surface area contributed by atoms with E-state index in [1.54, 1.807) is 7.11 Å². The van der Waals surface area contributed by atoms with Crippen molar-refractivity contribution in [3.63, 3.8) is 0 Å². The number of rotatable bonds is 4. The molecule has 6 heteroatoms.